The summed E-state index contributed by atoms with van der Waals surface area (Å²) in [6.07, 6.45) is 0. The van der Waals surface area contributed by atoms with Crippen LogP contribution in [0.2, 0.25) is 0 Å². The summed E-state index contributed by atoms with van der Waals surface area (Å²) in [4.78, 5) is 2.38. The lowest BCUT2D eigenvalue weighted by Crippen LogP contribution is -2.56. The number of likely N-dealkylation sites (N-methyl/N-ethyl adjacent to an activating group) is 1. The van der Waals surface area contributed by atoms with Crippen LogP contribution in [-0.4, -0.2) is 45.3 Å². The zero-order valence-electron chi connectivity index (χ0n) is 11.6. The van der Waals surface area contributed by atoms with Gasteiger partial charge in [-0.15, -0.1) is 0 Å². The van der Waals surface area contributed by atoms with E-state index in [9.17, 15) is 0 Å². The van der Waals surface area contributed by atoms with Crippen molar-refractivity contribution in [1.29, 1.82) is 0 Å². The van der Waals surface area contributed by atoms with Gasteiger partial charge in [0.2, 0.25) is 0 Å². The maximum atomic E-state index is 5.45. The third kappa shape index (κ3) is 2.44. The van der Waals surface area contributed by atoms with Crippen molar-refractivity contribution in [2.75, 3.05) is 34.4 Å². The van der Waals surface area contributed by atoms with E-state index in [0.717, 1.165) is 24.6 Å². The summed E-state index contributed by atoms with van der Waals surface area (Å²) >= 11 is 0. The first-order valence-corrected chi connectivity index (χ1v) is 6.32. The summed E-state index contributed by atoms with van der Waals surface area (Å²) in [5.41, 5.74) is 1.17. The Labute approximate surface area is 109 Å². The number of hydrogen-bond donors (Lipinski definition) is 1. The molecule has 100 valence electrons. The second kappa shape index (κ2) is 5.59. The van der Waals surface area contributed by atoms with Crippen molar-refractivity contribution < 1.29 is 9.47 Å². The van der Waals surface area contributed by atoms with Crippen LogP contribution >= 0.6 is 0 Å². The van der Waals surface area contributed by atoms with Crippen molar-refractivity contribution in [3.8, 4) is 11.5 Å². The predicted octanol–water partition coefficient (Wildman–Crippen LogP) is 1.67. The highest BCUT2D eigenvalue weighted by Crippen LogP contribution is 2.33. The molecule has 1 saturated heterocycles. The predicted molar refractivity (Wildman–Crippen MR) is 72.4 cm³/mol. The number of benzene rings is 1. The standard InChI is InChI=1S/C14H22N2O2/c1-10(16(2)11-8-15-9-11)13-7-12(17-3)5-6-14(13)18-4/h5-7,10-11,15H,8-9H2,1-4H3. The minimum Gasteiger partial charge on any atom is -0.497 e. The average molecular weight is 250 g/mol. The van der Waals surface area contributed by atoms with E-state index in [1.807, 2.05) is 12.1 Å². The Morgan fingerprint density at radius 3 is 2.50 bits per heavy atom. The summed E-state index contributed by atoms with van der Waals surface area (Å²) in [7, 11) is 5.56. The lowest BCUT2D eigenvalue weighted by Gasteiger charge is -2.39. The maximum absolute atomic E-state index is 5.45. The van der Waals surface area contributed by atoms with Gasteiger partial charge in [-0.2, -0.15) is 0 Å². The van der Waals surface area contributed by atoms with Gasteiger partial charge in [0, 0.05) is 30.7 Å². The van der Waals surface area contributed by atoms with E-state index in [4.69, 9.17) is 9.47 Å². The van der Waals surface area contributed by atoms with E-state index in [-0.39, 0.29) is 0 Å². The number of nitrogens with one attached hydrogen (secondary N) is 1. The molecule has 1 atom stereocenters. The van der Waals surface area contributed by atoms with Crippen LogP contribution in [0.4, 0.5) is 0 Å². The lowest BCUT2D eigenvalue weighted by molar-refractivity contribution is 0.134. The van der Waals surface area contributed by atoms with Gasteiger partial charge < -0.3 is 14.8 Å². The molecule has 18 heavy (non-hydrogen) atoms. The van der Waals surface area contributed by atoms with Gasteiger partial charge in [0.25, 0.3) is 0 Å². The third-order valence-electron chi connectivity index (χ3n) is 3.83. The minimum absolute atomic E-state index is 0.308. The van der Waals surface area contributed by atoms with Crippen LogP contribution in [0.1, 0.15) is 18.5 Å². The van der Waals surface area contributed by atoms with Gasteiger partial charge >= 0.3 is 0 Å². The van der Waals surface area contributed by atoms with Crippen LogP contribution in [0.25, 0.3) is 0 Å². The minimum atomic E-state index is 0.308. The summed E-state index contributed by atoms with van der Waals surface area (Å²) in [6, 6.07) is 6.88. The van der Waals surface area contributed by atoms with Crippen LogP contribution in [-0.2, 0) is 0 Å². The maximum Gasteiger partial charge on any atom is 0.123 e. The zero-order valence-corrected chi connectivity index (χ0v) is 11.6. The normalized spacial score (nSPS) is 17.4. The number of rotatable bonds is 5. The molecule has 0 aromatic heterocycles. The Morgan fingerprint density at radius 1 is 1.28 bits per heavy atom. The fourth-order valence-electron chi connectivity index (χ4n) is 2.26. The highest BCUT2D eigenvalue weighted by molar-refractivity contribution is 5.42. The molecule has 4 heteroatoms. The number of nitrogens with zero attached hydrogens (tertiary/aromatic N) is 1. The first kappa shape index (κ1) is 13.2. The Balaban J connectivity index is 2.23. The monoisotopic (exact) mass is 250 g/mol. The molecule has 1 N–H and O–H groups in total. The van der Waals surface area contributed by atoms with Crippen molar-refractivity contribution in [3.63, 3.8) is 0 Å². The van der Waals surface area contributed by atoms with Crippen LogP contribution in [0.5, 0.6) is 11.5 Å². The van der Waals surface area contributed by atoms with Gasteiger partial charge in [0.1, 0.15) is 11.5 Å². The molecule has 1 fully saturated rings. The highest BCUT2D eigenvalue weighted by Gasteiger charge is 2.27. The summed E-state index contributed by atoms with van der Waals surface area (Å²) in [6.45, 7) is 4.33. The molecule has 1 unspecified atom stereocenters. The Morgan fingerprint density at radius 2 is 2.00 bits per heavy atom. The molecular weight excluding hydrogens is 228 g/mol. The third-order valence-corrected chi connectivity index (χ3v) is 3.83. The number of hydrogen-bond acceptors (Lipinski definition) is 4. The smallest absolute Gasteiger partial charge is 0.123 e. The van der Waals surface area contributed by atoms with Gasteiger partial charge in [0.15, 0.2) is 0 Å². The van der Waals surface area contributed by atoms with Crippen LogP contribution in [0, 0.1) is 0 Å². The average Bonchev–Trinajstić information content (AvgIpc) is 2.34. The van der Waals surface area contributed by atoms with E-state index in [0.29, 0.717) is 12.1 Å². The van der Waals surface area contributed by atoms with Gasteiger partial charge in [-0.25, -0.2) is 0 Å². The van der Waals surface area contributed by atoms with Gasteiger partial charge in [-0.05, 0) is 32.2 Å². The van der Waals surface area contributed by atoms with Crippen molar-refractivity contribution in [1.82, 2.24) is 10.2 Å². The first-order valence-electron chi connectivity index (χ1n) is 6.32. The number of ether oxygens (including phenoxy) is 2. The topological polar surface area (TPSA) is 33.7 Å². The Kier molecular flexibility index (Phi) is 4.09. The second-order valence-corrected chi connectivity index (χ2v) is 4.76. The first-order chi connectivity index (χ1) is 8.67. The Bertz CT molecular complexity index is 405. The molecular formula is C14H22N2O2. The van der Waals surface area contributed by atoms with Crippen molar-refractivity contribution in [2.45, 2.75) is 19.0 Å². The van der Waals surface area contributed by atoms with Gasteiger partial charge in [-0.3, -0.25) is 4.90 Å². The molecule has 0 bridgehead atoms. The Hall–Kier alpha value is -1.26. The molecule has 2 rings (SSSR count). The lowest BCUT2D eigenvalue weighted by atomic mass is 10.0. The number of methoxy groups -OCH3 is 2. The molecule has 4 nitrogen and oxygen atoms in total. The van der Waals surface area contributed by atoms with Crippen LogP contribution < -0.4 is 14.8 Å². The summed E-state index contributed by atoms with van der Waals surface area (Å²) in [5.74, 6) is 1.79. The summed E-state index contributed by atoms with van der Waals surface area (Å²) in [5, 5.41) is 3.30. The van der Waals surface area contributed by atoms with Crippen molar-refractivity contribution in [2.24, 2.45) is 0 Å². The fraction of sp³-hybridized carbons (Fsp3) is 0.571. The molecule has 1 aromatic rings. The van der Waals surface area contributed by atoms with Crippen molar-refractivity contribution in [3.05, 3.63) is 23.8 Å². The molecule has 0 aliphatic carbocycles. The van der Waals surface area contributed by atoms with Gasteiger partial charge in [-0.1, -0.05) is 0 Å². The molecule has 1 heterocycles. The van der Waals surface area contributed by atoms with E-state index in [1.165, 1.54) is 5.56 Å². The molecule has 1 aliphatic rings. The van der Waals surface area contributed by atoms with Gasteiger partial charge in [0.05, 0.1) is 14.2 Å². The molecule has 1 aromatic carbocycles. The fourth-order valence-corrected chi connectivity index (χ4v) is 2.26. The van der Waals surface area contributed by atoms with Crippen LogP contribution in [0.15, 0.2) is 18.2 Å². The van der Waals surface area contributed by atoms with Crippen LogP contribution in [0.3, 0.4) is 0 Å². The summed E-state index contributed by atoms with van der Waals surface area (Å²) < 4.78 is 10.7. The van der Waals surface area contributed by atoms with E-state index < -0.39 is 0 Å². The molecule has 0 spiro atoms. The van der Waals surface area contributed by atoms with E-state index in [1.54, 1.807) is 14.2 Å². The highest BCUT2D eigenvalue weighted by atomic mass is 16.5. The second-order valence-electron chi connectivity index (χ2n) is 4.76. The largest absolute Gasteiger partial charge is 0.497 e. The molecule has 0 saturated carbocycles. The van der Waals surface area contributed by atoms with E-state index >= 15 is 0 Å². The molecule has 0 amide bonds. The van der Waals surface area contributed by atoms with Crippen molar-refractivity contribution >= 4 is 0 Å². The molecule has 1 aliphatic heterocycles. The molecule has 0 radical (unpaired) electrons. The quantitative estimate of drug-likeness (QED) is 0.862. The SMILES string of the molecule is COc1ccc(OC)c(C(C)N(C)C2CNC2)c1. The van der Waals surface area contributed by atoms with E-state index in [2.05, 4.69) is 30.3 Å². The zero-order chi connectivity index (χ0) is 13.1.